The maximum absolute atomic E-state index is 5.85. The Balaban J connectivity index is 1.97. The summed E-state index contributed by atoms with van der Waals surface area (Å²) in [5.74, 6) is 0.788. The molecule has 2 heteroatoms. The van der Waals surface area contributed by atoms with Gasteiger partial charge in [-0.15, -0.1) is 0 Å². The summed E-state index contributed by atoms with van der Waals surface area (Å²) in [4.78, 5) is 2.74. The van der Waals surface area contributed by atoms with Gasteiger partial charge in [-0.05, 0) is 51.6 Å². The number of hydrogen-bond donors (Lipinski definition) is 1. The molecule has 1 aliphatic carbocycles. The van der Waals surface area contributed by atoms with Crippen molar-refractivity contribution in [1.82, 2.24) is 4.90 Å². The van der Waals surface area contributed by atoms with Crippen molar-refractivity contribution < 1.29 is 0 Å². The van der Waals surface area contributed by atoms with Crippen LogP contribution in [-0.4, -0.2) is 30.1 Å². The van der Waals surface area contributed by atoms with Crippen molar-refractivity contribution in [1.29, 1.82) is 0 Å². The number of nitrogens with two attached hydrogens (primary N) is 1. The quantitative estimate of drug-likeness (QED) is 0.732. The van der Waals surface area contributed by atoms with Gasteiger partial charge >= 0.3 is 0 Å². The molecule has 1 heterocycles. The molecule has 3 unspecified atom stereocenters. The van der Waals surface area contributed by atoms with Crippen LogP contribution < -0.4 is 5.73 Å². The Bertz CT molecular complexity index is 181. The molecule has 1 saturated heterocycles. The lowest BCUT2D eigenvalue weighted by Crippen LogP contribution is -2.47. The number of hydrogen-bond acceptors (Lipinski definition) is 2. The predicted molar refractivity (Wildman–Crippen MR) is 60.2 cm³/mol. The van der Waals surface area contributed by atoms with Crippen molar-refractivity contribution in [2.45, 2.75) is 57.5 Å². The number of rotatable bonds is 2. The van der Waals surface area contributed by atoms with E-state index in [1.165, 1.54) is 45.1 Å². The van der Waals surface area contributed by atoms with Crippen molar-refractivity contribution in [2.75, 3.05) is 13.1 Å². The van der Waals surface area contributed by atoms with E-state index in [0.29, 0.717) is 0 Å². The molecular weight excluding hydrogens is 172 g/mol. The zero-order valence-corrected chi connectivity index (χ0v) is 9.41. The summed E-state index contributed by atoms with van der Waals surface area (Å²) >= 11 is 0. The van der Waals surface area contributed by atoms with Crippen LogP contribution in [0.2, 0.25) is 0 Å². The summed E-state index contributed by atoms with van der Waals surface area (Å²) in [6.07, 6.45) is 8.38. The fourth-order valence-corrected chi connectivity index (χ4v) is 3.34. The summed E-state index contributed by atoms with van der Waals surface area (Å²) in [6, 6.07) is 1.62. The van der Waals surface area contributed by atoms with Gasteiger partial charge in [0.1, 0.15) is 0 Å². The van der Waals surface area contributed by atoms with Gasteiger partial charge < -0.3 is 5.73 Å². The summed E-state index contributed by atoms with van der Waals surface area (Å²) < 4.78 is 0. The normalized spacial score (nSPS) is 40.3. The number of likely N-dealkylation sites (tertiary alicyclic amines) is 1. The third kappa shape index (κ3) is 1.96. The first-order valence-electron chi connectivity index (χ1n) is 6.28. The Morgan fingerprint density at radius 2 is 2.00 bits per heavy atom. The Hall–Kier alpha value is -0.0800. The second kappa shape index (κ2) is 4.63. The van der Waals surface area contributed by atoms with Crippen LogP contribution in [0.4, 0.5) is 0 Å². The lowest BCUT2D eigenvalue weighted by atomic mass is 9.95. The molecule has 2 fully saturated rings. The largest absolute Gasteiger partial charge is 0.330 e. The maximum Gasteiger partial charge on any atom is 0.0138 e. The van der Waals surface area contributed by atoms with Crippen LogP contribution in [0.25, 0.3) is 0 Å². The highest BCUT2D eigenvalue weighted by atomic mass is 15.2. The van der Waals surface area contributed by atoms with Gasteiger partial charge in [0.05, 0.1) is 0 Å². The van der Waals surface area contributed by atoms with E-state index in [0.717, 1.165) is 24.5 Å². The van der Waals surface area contributed by atoms with Crippen molar-refractivity contribution in [2.24, 2.45) is 11.7 Å². The van der Waals surface area contributed by atoms with E-state index in [4.69, 9.17) is 5.73 Å². The standard InChI is InChI=1S/C12H24N2/c1-10-5-2-3-8-14(10)12-7-4-6-11(12)9-13/h10-12H,2-9,13H2,1H3. The van der Waals surface area contributed by atoms with Gasteiger partial charge in [-0.2, -0.15) is 0 Å². The van der Waals surface area contributed by atoms with Gasteiger partial charge in [-0.25, -0.2) is 0 Å². The number of piperidine rings is 1. The zero-order chi connectivity index (χ0) is 9.97. The minimum absolute atomic E-state index is 0.788. The first-order valence-corrected chi connectivity index (χ1v) is 6.28. The first-order chi connectivity index (χ1) is 6.83. The molecule has 82 valence electrons. The van der Waals surface area contributed by atoms with Crippen LogP contribution in [-0.2, 0) is 0 Å². The van der Waals surface area contributed by atoms with Gasteiger partial charge in [0, 0.05) is 12.1 Å². The fraction of sp³-hybridized carbons (Fsp3) is 1.00. The Morgan fingerprint density at radius 3 is 2.71 bits per heavy atom. The molecule has 0 spiro atoms. The van der Waals surface area contributed by atoms with Crippen LogP contribution in [0.1, 0.15) is 45.4 Å². The Morgan fingerprint density at radius 1 is 1.14 bits per heavy atom. The van der Waals surface area contributed by atoms with E-state index in [2.05, 4.69) is 11.8 Å². The first kappa shape index (κ1) is 10.4. The summed E-state index contributed by atoms with van der Waals surface area (Å²) in [6.45, 7) is 4.61. The van der Waals surface area contributed by atoms with Gasteiger partial charge in [0.2, 0.25) is 0 Å². The van der Waals surface area contributed by atoms with E-state index in [1.54, 1.807) is 0 Å². The van der Waals surface area contributed by atoms with Crippen molar-refractivity contribution in [3.05, 3.63) is 0 Å². The summed E-state index contributed by atoms with van der Waals surface area (Å²) in [7, 11) is 0. The van der Waals surface area contributed by atoms with Crippen LogP contribution in [0, 0.1) is 5.92 Å². The van der Waals surface area contributed by atoms with E-state index < -0.39 is 0 Å². The highest BCUT2D eigenvalue weighted by Crippen LogP contribution is 2.33. The van der Waals surface area contributed by atoms with Gasteiger partial charge in [-0.3, -0.25) is 4.90 Å². The molecule has 2 nitrogen and oxygen atoms in total. The molecule has 3 atom stereocenters. The molecule has 0 aromatic carbocycles. The Labute approximate surface area is 87.8 Å². The van der Waals surface area contributed by atoms with E-state index in [-0.39, 0.29) is 0 Å². The Kier molecular flexibility index (Phi) is 3.45. The van der Waals surface area contributed by atoms with Gasteiger partial charge in [0.15, 0.2) is 0 Å². The summed E-state index contributed by atoms with van der Waals surface area (Å²) in [5.41, 5.74) is 5.85. The van der Waals surface area contributed by atoms with Crippen molar-refractivity contribution in [3.63, 3.8) is 0 Å². The molecule has 1 aliphatic heterocycles. The predicted octanol–water partition coefficient (Wildman–Crippen LogP) is 1.99. The molecule has 0 aromatic rings. The fourth-order valence-electron chi connectivity index (χ4n) is 3.34. The highest BCUT2D eigenvalue weighted by Gasteiger charge is 2.34. The molecule has 0 bridgehead atoms. The minimum Gasteiger partial charge on any atom is -0.330 e. The van der Waals surface area contributed by atoms with Crippen LogP contribution in [0.15, 0.2) is 0 Å². The maximum atomic E-state index is 5.85. The van der Waals surface area contributed by atoms with Crippen LogP contribution in [0.5, 0.6) is 0 Å². The summed E-state index contributed by atoms with van der Waals surface area (Å²) in [5, 5.41) is 0. The average molecular weight is 196 g/mol. The van der Waals surface area contributed by atoms with Crippen LogP contribution >= 0.6 is 0 Å². The average Bonchev–Trinajstić information content (AvgIpc) is 2.66. The molecule has 0 aromatic heterocycles. The molecule has 14 heavy (non-hydrogen) atoms. The SMILES string of the molecule is CC1CCCCN1C1CCCC1CN. The van der Waals surface area contributed by atoms with E-state index >= 15 is 0 Å². The minimum atomic E-state index is 0.788. The lowest BCUT2D eigenvalue weighted by Gasteiger charge is -2.40. The number of nitrogens with zero attached hydrogens (tertiary/aromatic N) is 1. The van der Waals surface area contributed by atoms with Crippen molar-refractivity contribution >= 4 is 0 Å². The second-order valence-corrected chi connectivity index (χ2v) is 5.08. The third-order valence-electron chi connectivity index (χ3n) is 4.20. The van der Waals surface area contributed by atoms with Crippen LogP contribution in [0.3, 0.4) is 0 Å². The molecule has 0 amide bonds. The second-order valence-electron chi connectivity index (χ2n) is 5.08. The zero-order valence-electron chi connectivity index (χ0n) is 9.41. The molecule has 2 rings (SSSR count). The third-order valence-corrected chi connectivity index (χ3v) is 4.20. The monoisotopic (exact) mass is 196 g/mol. The van der Waals surface area contributed by atoms with Gasteiger partial charge in [-0.1, -0.05) is 12.8 Å². The van der Waals surface area contributed by atoms with E-state index in [1.807, 2.05) is 0 Å². The topological polar surface area (TPSA) is 29.3 Å². The van der Waals surface area contributed by atoms with E-state index in [9.17, 15) is 0 Å². The molecular formula is C12H24N2. The van der Waals surface area contributed by atoms with Gasteiger partial charge in [0.25, 0.3) is 0 Å². The molecule has 2 aliphatic rings. The smallest absolute Gasteiger partial charge is 0.0138 e. The van der Waals surface area contributed by atoms with Crippen molar-refractivity contribution in [3.8, 4) is 0 Å². The molecule has 0 radical (unpaired) electrons. The lowest BCUT2D eigenvalue weighted by molar-refractivity contribution is 0.0844. The molecule has 1 saturated carbocycles. The highest BCUT2D eigenvalue weighted by molar-refractivity contribution is 4.89. The molecule has 2 N–H and O–H groups in total.